The summed E-state index contributed by atoms with van der Waals surface area (Å²) in [5, 5.41) is 5.79. The van der Waals surface area contributed by atoms with Crippen LogP contribution in [0.4, 0.5) is 4.79 Å². The standard InChI is InChI=1S/C40H54N6O9S/c1-4-29-35(42-32-22-27(53-3)16-17-30(32)41-29)54-28-23-33-34(47)44-40(37(49)45-56(51,52)39(2)20-21-39)19-18-25(40)12-8-6-5-7-9-15-31(36(48)46(33)24-28)43-38(50)55-26-13-10-11-14-26/h8,12,16-17,22,25-26,28,31,33H,4-7,9-11,13-15,18-21,23-24H2,1-3H3,(H,43,50)(H,44,47)(H,45,49)/b12-8-/t25-,28-,31+,33+,40-/m1/s1. The second-order valence-corrected chi connectivity index (χ2v) is 18.4. The van der Waals surface area contributed by atoms with Gasteiger partial charge in [-0.1, -0.05) is 31.9 Å². The second kappa shape index (κ2) is 16.2. The molecule has 15 nitrogen and oxygen atoms in total. The first-order chi connectivity index (χ1) is 26.8. The zero-order chi connectivity index (χ0) is 39.7. The van der Waals surface area contributed by atoms with Gasteiger partial charge in [-0.05, 0) is 96.1 Å². The van der Waals surface area contributed by atoms with Crippen LogP contribution < -0.4 is 24.8 Å². The first-order valence-electron chi connectivity index (χ1n) is 20.2. The van der Waals surface area contributed by atoms with Crippen molar-refractivity contribution in [2.45, 2.75) is 145 Å². The summed E-state index contributed by atoms with van der Waals surface area (Å²) in [6, 6.07) is 3.28. The van der Waals surface area contributed by atoms with Gasteiger partial charge in [0.25, 0.3) is 5.91 Å². The van der Waals surface area contributed by atoms with E-state index >= 15 is 0 Å². The van der Waals surface area contributed by atoms with Crippen LogP contribution in [0.15, 0.2) is 30.4 Å². The third-order valence-corrected chi connectivity index (χ3v) is 14.5. The molecular weight excluding hydrogens is 741 g/mol. The van der Waals surface area contributed by atoms with Crippen LogP contribution in [0, 0.1) is 5.92 Å². The number of nitrogens with one attached hydrogen (secondary N) is 3. The molecule has 0 bridgehead atoms. The number of methoxy groups -OCH3 is 1. The predicted molar refractivity (Wildman–Crippen MR) is 206 cm³/mol. The summed E-state index contributed by atoms with van der Waals surface area (Å²) in [4.78, 5) is 67.4. The average molecular weight is 795 g/mol. The maximum absolute atomic E-state index is 14.6. The molecule has 16 heteroatoms. The van der Waals surface area contributed by atoms with Crippen LogP contribution in [0.1, 0.15) is 109 Å². The summed E-state index contributed by atoms with van der Waals surface area (Å²) in [5.41, 5.74) is 0.269. The minimum atomic E-state index is -4.00. The van der Waals surface area contributed by atoms with Gasteiger partial charge < -0.3 is 29.7 Å². The van der Waals surface area contributed by atoms with Crippen molar-refractivity contribution in [2.24, 2.45) is 5.92 Å². The van der Waals surface area contributed by atoms with Crippen LogP contribution in [-0.2, 0) is 35.6 Å². The highest BCUT2D eigenvalue weighted by Crippen LogP contribution is 2.45. The number of alkyl carbamates (subject to hydrolysis) is 1. The van der Waals surface area contributed by atoms with E-state index in [0.29, 0.717) is 67.4 Å². The molecule has 3 saturated carbocycles. The van der Waals surface area contributed by atoms with Gasteiger partial charge in [0.05, 0.1) is 29.4 Å². The Kier molecular flexibility index (Phi) is 11.5. The van der Waals surface area contributed by atoms with E-state index in [1.54, 1.807) is 26.2 Å². The molecule has 7 rings (SSSR count). The lowest BCUT2D eigenvalue weighted by molar-refractivity contribution is -0.144. The lowest BCUT2D eigenvalue weighted by Gasteiger charge is -2.47. The van der Waals surface area contributed by atoms with E-state index in [1.165, 1.54) is 4.90 Å². The Bertz CT molecular complexity index is 1980. The molecule has 2 aliphatic heterocycles. The zero-order valence-electron chi connectivity index (χ0n) is 32.5. The molecule has 4 amide bonds. The number of ether oxygens (including phenoxy) is 3. The number of aromatic nitrogens is 2. The average Bonchev–Trinajstić information content (AvgIpc) is 3.51. The van der Waals surface area contributed by atoms with E-state index in [2.05, 4.69) is 15.4 Å². The number of allylic oxidation sites excluding steroid dienone is 1. The number of benzene rings is 1. The molecular formula is C40H54N6O9S. The molecule has 1 aromatic carbocycles. The Morgan fingerprint density at radius 1 is 0.982 bits per heavy atom. The molecule has 1 saturated heterocycles. The molecule has 1 aromatic heterocycles. The van der Waals surface area contributed by atoms with Crippen molar-refractivity contribution >= 4 is 44.9 Å². The molecule has 304 valence electrons. The van der Waals surface area contributed by atoms with E-state index in [-0.39, 0.29) is 31.4 Å². The summed E-state index contributed by atoms with van der Waals surface area (Å²) in [6.07, 6.45) is 11.3. The van der Waals surface area contributed by atoms with E-state index < -0.39 is 68.2 Å². The fourth-order valence-electron chi connectivity index (χ4n) is 8.32. The molecule has 0 unspecified atom stereocenters. The van der Waals surface area contributed by atoms with E-state index in [1.807, 2.05) is 25.1 Å². The molecule has 3 aliphatic carbocycles. The fraction of sp³-hybridized carbons (Fsp3) is 0.650. The number of nitrogens with zero attached hydrogens (tertiary/aromatic N) is 3. The minimum Gasteiger partial charge on any atom is -0.497 e. The summed E-state index contributed by atoms with van der Waals surface area (Å²) in [6.45, 7) is 3.52. The maximum Gasteiger partial charge on any atom is 0.408 e. The van der Waals surface area contributed by atoms with Gasteiger partial charge in [-0.25, -0.2) is 23.2 Å². The Hall–Kier alpha value is -4.47. The molecule has 56 heavy (non-hydrogen) atoms. The molecule has 5 atom stereocenters. The molecule has 4 fully saturated rings. The molecule has 3 heterocycles. The largest absolute Gasteiger partial charge is 0.497 e. The monoisotopic (exact) mass is 794 g/mol. The quantitative estimate of drug-likeness (QED) is 0.305. The first kappa shape index (κ1) is 39.8. The number of carbonyl (C=O) groups excluding carboxylic acids is 4. The Morgan fingerprint density at radius 2 is 1.75 bits per heavy atom. The van der Waals surface area contributed by atoms with Crippen molar-refractivity contribution in [3.8, 4) is 11.6 Å². The van der Waals surface area contributed by atoms with Crippen LogP contribution >= 0.6 is 0 Å². The highest BCUT2D eigenvalue weighted by molar-refractivity contribution is 7.91. The molecule has 5 aliphatic rings. The van der Waals surface area contributed by atoms with Gasteiger partial charge >= 0.3 is 6.09 Å². The second-order valence-electron chi connectivity index (χ2n) is 16.2. The molecule has 2 aromatic rings. The summed E-state index contributed by atoms with van der Waals surface area (Å²) >= 11 is 0. The normalized spacial score (nSPS) is 28.7. The Labute approximate surface area is 328 Å². The maximum atomic E-state index is 14.6. The highest BCUT2D eigenvalue weighted by atomic mass is 32.2. The molecule has 0 radical (unpaired) electrons. The Morgan fingerprint density at radius 3 is 2.45 bits per heavy atom. The van der Waals surface area contributed by atoms with E-state index in [4.69, 9.17) is 24.2 Å². The summed E-state index contributed by atoms with van der Waals surface area (Å²) in [5.74, 6) is -1.44. The van der Waals surface area contributed by atoms with Gasteiger partial charge in [-0.15, -0.1) is 0 Å². The number of sulfonamides is 1. The van der Waals surface area contributed by atoms with Crippen molar-refractivity contribution < 1.29 is 41.8 Å². The van der Waals surface area contributed by atoms with Crippen LogP contribution in [0.3, 0.4) is 0 Å². The first-order valence-corrected chi connectivity index (χ1v) is 21.7. The predicted octanol–water partition coefficient (Wildman–Crippen LogP) is 4.37. The fourth-order valence-corrected chi connectivity index (χ4v) is 9.63. The van der Waals surface area contributed by atoms with Gasteiger partial charge in [-0.3, -0.25) is 19.1 Å². The van der Waals surface area contributed by atoms with Crippen LogP contribution in [0.25, 0.3) is 11.0 Å². The van der Waals surface area contributed by atoms with E-state index in [0.717, 1.165) is 38.5 Å². The van der Waals surface area contributed by atoms with Crippen molar-refractivity contribution in [1.82, 2.24) is 30.2 Å². The lowest BCUT2D eigenvalue weighted by Crippen LogP contribution is -2.70. The minimum absolute atomic E-state index is 0.0109. The number of aryl methyl sites for hydroxylation is 1. The number of fused-ring (bicyclic) bond motifs is 3. The van der Waals surface area contributed by atoms with Crippen LogP contribution in [0.2, 0.25) is 0 Å². The molecule has 0 spiro atoms. The smallest absolute Gasteiger partial charge is 0.408 e. The Balaban J connectivity index is 1.20. The number of carbonyl (C=O) groups is 4. The van der Waals surface area contributed by atoms with Gasteiger partial charge in [0.15, 0.2) is 0 Å². The highest BCUT2D eigenvalue weighted by Gasteiger charge is 2.58. The number of hydrogen-bond acceptors (Lipinski definition) is 11. The van der Waals surface area contributed by atoms with E-state index in [9.17, 15) is 27.6 Å². The van der Waals surface area contributed by atoms with Crippen LogP contribution in [0.5, 0.6) is 11.6 Å². The zero-order valence-corrected chi connectivity index (χ0v) is 33.3. The van der Waals surface area contributed by atoms with Gasteiger partial charge in [0.2, 0.25) is 27.7 Å². The van der Waals surface area contributed by atoms with Crippen LogP contribution in [-0.4, -0.2) is 95.3 Å². The van der Waals surface area contributed by atoms with Gasteiger partial charge in [0.1, 0.15) is 41.3 Å². The summed E-state index contributed by atoms with van der Waals surface area (Å²) in [7, 11) is -2.44. The summed E-state index contributed by atoms with van der Waals surface area (Å²) < 4.78 is 45.4. The SMILES string of the molecule is CCc1nc2ccc(OC)cc2nc1O[C@@H]1C[C@H]2C(=O)N[C@]3(C(=O)NS(=O)(=O)C4(C)CC4)CC[C@H]3/C=C\CCCCC[C@H](NC(=O)OC3CCCC3)C(=O)N2C1. The van der Waals surface area contributed by atoms with Crippen molar-refractivity contribution in [3.05, 3.63) is 36.0 Å². The van der Waals surface area contributed by atoms with Crippen molar-refractivity contribution in [1.29, 1.82) is 0 Å². The third-order valence-electron chi connectivity index (χ3n) is 12.3. The van der Waals surface area contributed by atoms with Gasteiger partial charge in [0, 0.05) is 18.4 Å². The lowest BCUT2D eigenvalue weighted by atomic mass is 9.65. The number of hydrogen-bond donors (Lipinski definition) is 3. The van der Waals surface area contributed by atoms with Crippen molar-refractivity contribution in [3.63, 3.8) is 0 Å². The third kappa shape index (κ3) is 8.16. The number of amides is 4. The topological polar surface area (TPSA) is 195 Å². The number of rotatable bonds is 9. The van der Waals surface area contributed by atoms with Gasteiger partial charge in [-0.2, -0.15) is 0 Å². The van der Waals surface area contributed by atoms with Crippen molar-refractivity contribution in [2.75, 3.05) is 13.7 Å². The molecule has 3 N–H and O–H groups in total.